The van der Waals surface area contributed by atoms with Gasteiger partial charge in [-0.1, -0.05) is 32.0 Å². The largest absolute Gasteiger partial charge is 0.345 e. The van der Waals surface area contributed by atoms with E-state index >= 15 is 0 Å². The fourth-order valence-corrected chi connectivity index (χ4v) is 2.58. The molecule has 0 radical (unpaired) electrons. The van der Waals surface area contributed by atoms with Crippen LogP contribution in [0.2, 0.25) is 0 Å². The highest BCUT2D eigenvalue weighted by molar-refractivity contribution is 6.01. The zero-order chi connectivity index (χ0) is 17.8. The molecule has 6 heteroatoms. The number of nitrogens with zero attached hydrogens (tertiary/aromatic N) is 1. The lowest BCUT2D eigenvalue weighted by molar-refractivity contribution is -0.118. The van der Waals surface area contributed by atoms with E-state index in [1.54, 1.807) is 36.7 Å². The quantitative estimate of drug-likeness (QED) is 0.669. The van der Waals surface area contributed by atoms with Gasteiger partial charge in [0.25, 0.3) is 5.91 Å². The van der Waals surface area contributed by atoms with Gasteiger partial charge in [-0.25, -0.2) is 4.98 Å². The van der Waals surface area contributed by atoms with Crippen LogP contribution in [0, 0.1) is 5.92 Å². The number of rotatable bonds is 5. The molecule has 0 aliphatic carbocycles. The first kappa shape index (κ1) is 16.7. The SMILES string of the molecule is CC(C)C(NC(=O)c1ccccc1)C(=O)Nc1ccc2nc[nH]c2c1. The fraction of sp³-hybridized carbons (Fsp3) is 0.211. The number of hydrogen-bond donors (Lipinski definition) is 3. The van der Waals surface area contributed by atoms with Gasteiger partial charge in [0.15, 0.2) is 0 Å². The Labute approximate surface area is 145 Å². The van der Waals surface area contributed by atoms with Crippen molar-refractivity contribution in [3.05, 3.63) is 60.4 Å². The van der Waals surface area contributed by atoms with Crippen molar-refractivity contribution in [2.45, 2.75) is 19.9 Å². The Kier molecular flexibility index (Phi) is 4.79. The van der Waals surface area contributed by atoms with Crippen LogP contribution in [0.1, 0.15) is 24.2 Å². The Morgan fingerprint density at radius 2 is 1.84 bits per heavy atom. The fourth-order valence-electron chi connectivity index (χ4n) is 2.58. The van der Waals surface area contributed by atoms with E-state index in [0.29, 0.717) is 11.3 Å². The van der Waals surface area contributed by atoms with Gasteiger partial charge in [0.2, 0.25) is 5.91 Å². The Balaban J connectivity index is 1.73. The molecule has 0 aliphatic heterocycles. The highest BCUT2D eigenvalue weighted by atomic mass is 16.2. The Morgan fingerprint density at radius 3 is 2.56 bits per heavy atom. The van der Waals surface area contributed by atoms with Gasteiger partial charge in [-0.15, -0.1) is 0 Å². The number of benzene rings is 2. The lowest BCUT2D eigenvalue weighted by Gasteiger charge is -2.21. The molecule has 0 spiro atoms. The van der Waals surface area contributed by atoms with E-state index in [2.05, 4.69) is 20.6 Å². The molecule has 3 aromatic rings. The first-order valence-corrected chi connectivity index (χ1v) is 8.14. The van der Waals surface area contributed by atoms with E-state index in [9.17, 15) is 9.59 Å². The molecule has 128 valence electrons. The number of aromatic nitrogens is 2. The van der Waals surface area contributed by atoms with Gasteiger partial charge in [0, 0.05) is 11.3 Å². The van der Waals surface area contributed by atoms with Gasteiger partial charge >= 0.3 is 0 Å². The smallest absolute Gasteiger partial charge is 0.251 e. The molecular formula is C19H20N4O2. The van der Waals surface area contributed by atoms with Crippen molar-refractivity contribution >= 4 is 28.5 Å². The standard InChI is InChI=1S/C19H20N4O2/c1-12(2)17(23-18(24)13-6-4-3-5-7-13)19(25)22-14-8-9-15-16(10-14)21-11-20-15/h3-12,17H,1-2H3,(H,20,21)(H,22,25)(H,23,24). The summed E-state index contributed by atoms with van der Waals surface area (Å²) in [5, 5.41) is 5.67. The summed E-state index contributed by atoms with van der Waals surface area (Å²) >= 11 is 0. The summed E-state index contributed by atoms with van der Waals surface area (Å²) < 4.78 is 0. The Morgan fingerprint density at radius 1 is 1.08 bits per heavy atom. The van der Waals surface area contributed by atoms with Crippen LogP contribution >= 0.6 is 0 Å². The highest BCUT2D eigenvalue weighted by Gasteiger charge is 2.24. The summed E-state index contributed by atoms with van der Waals surface area (Å²) in [5.41, 5.74) is 2.85. The Bertz CT molecular complexity index is 887. The van der Waals surface area contributed by atoms with Gasteiger partial charge in [-0.05, 0) is 36.2 Å². The van der Waals surface area contributed by atoms with Crippen LogP contribution in [0.15, 0.2) is 54.9 Å². The Hall–Kier alpha value is -3.15. The number of nitrogens with one attached hydrogen (secondary N) is 3. The topological polar surface area (TPSA) is 86.9 Å². The predicted molar refractivity (Wildman–Crippen MR) is 97.3 cm³/mol. The molecule has 0 fully saturated rings. The molecule has 1 atom stereocenters. The molecule has 3 rings (SSSR count). The van der Waals surface area contributed by atoms with E-state index in [1.165, 1.54) is 0 Å². The third-order valence-electron chi connectivity index (χ3n) is 3.96. The molecule has 25 heavy (non-hydrogen) atoms. The summed E-state index contributed by atoms with van der Waals surface area (Å²) in [6.07, 6.45) is 1.60. The number of aromatic amines is 1. The molecule has 1 unspecified atom stereocenters. The van der Waals surface area contributed by atoms with E-state index in [0.717, 1.165) is 11.0 Å². The van der Waals surface area contributed by atoms with Gasteiger partial charge < -0.3 is 15.6 Å². The van der Waals surface area contributed by atoms with Crippen molar-refractivity contribution in [3.8, 4) is 0 Å². The molecule has 1 heterocycles. The zero-order valence-corrected chi connectivity index (χ0v) is 14.1. The number of hydrogen-bond acceptors (Lipinski definition) is 3. The first-order chi connectivity index (χ1) is 12.0. The summed E-state index contributed by atoms with van der Waals surface area (Å²) in [6.45, 7) is 3.79. The van der Waals surface area contributed by atoms with E-state index in [1.807, 2.05) is 32.0 Å². The van der Waals surface area contributed by atoms with Crippen LogP contribution in [-0.4, -0.2) is 27.8 Å². The molecule has 2 amide bonds. The van der Waals surface area contributed by atoms with Crippen molar-refractivity contribution in [2.24, 2.45) is 5.92 Å². The molecule has 0 saturated heterocycles. The lowest BCUT2D eigenvalue weighted by atomic mass is 10.0. The van der Waals surface area contributed by atoms with Gasteiger partial charge in [-0.2, -0.15) is 0 Å². The summed E-state index contributed by atoms with van der Waals surface area (Å²) in [6, 6.07) is 13.7. The average Bonchev–Trinajstić information content (AvgIpc) is 3.07. The minimum atomic E-state index is -0.634. The maximum atomic E-state index is 12.6. The lowest BCUT2D eigenvalue weighted by Crippen LogP contribution is -2.47. The molecule has 2 aromatic carbocycles. The molecule has 0 bridgehead atoms. The number of imidazole rings is 1. The van der Waals surface area contributed by atoms with E-state index in [4.69, 9.17) is 0 Å². The molecule has 3 N–H and O–H groups in total. The number of carbonyl (C=O) groups excluding carboxylic acids is 2. The maximum Gasteiger partial charge on any atom is 0.251 e. The van der Waals surface area contributed by atoms with Crippen molar-refractivity contribution < 1.29 is 9.59 Å². The van der Waals surface area contributed by atoms with Crippen molar-refractivity contribution in [1.29, 1.82) is 0 Å². The maximum absolute atomic E-state index is 12.6. The molecule has 0 saturated carbocycles. The first-order valence-electron chi connectivity index (χ1n) is 8.14. The van der Waals surface area contributed by atoms with E-state index in [-0.39, 0.29) is 17.7 Å². The van der Waals surface area contributed by atoms with Crippen molar-refractivity contribution in [1.82, 2.24) is 15.3 Å². The number of anilines is 1. The number of H-pyrrole nitrogens is 1. The normalized spacial score (nSPS) is 12.1. The second kappa shape index (κ2) is 7.17. The zero-order valence-electron chi connectivity index (χ0n) is 14.1. The molecule has 6 nitrogen and oxygen atoms in total. The third kappa shape index (κ3) is 3.85. The molecule has 1 aromatic heterocycles. The highest BCUT2D eigenvalue weighted by Crippen LogP contribution is 2.16. The van der Waals surface area contributed by atoms with Gasteiger partial charge in [-0.3, -0.25) is 9.59 Å². The second-order valence-electron chi connectivity index (χ2n) is 6.18. The minimum Gasteiger partial charge on any atom is -0.345 e. The predicted octanol–water partition coefficient (Wildman–Crippen LogP) is 2.96. The van der Waals surface area contributed by atoms with Gasteiger partial charge in [0.1, 0.15) is 6.04 Å². The molecule has 0 aliphatic rings. The van der Waals surface area contributed by atoms with Crippen molar-refractivity contribution in [2.75, 3.05) is 5.32 Å². The number of amides is 2. The average molecular weight is 336 g/mol. The summed E-state index contributed by atoms with van der Waals surface area (Å²) in [4.78, 5) is 32.2. The third-order valence-corrected chi connectivity index (χ3v) is 3.96. The van der Waals surface area contributed by atoms with Crippen LogP contribution in [0.4, 0.5) is 5.69 Å². The number of fused-ring (bicyclic) bond motifs is 1. The van der Waals surface area contributed by atoms with Crippen LogP contribution in [0.3, 0.4) is 0 Å². The van der Waals surface area contributed by atoms with Gasteiger partial charge in [0.05, 0.1) is 17.4 Å². The number of carbonyl (C=O) groups is 2. The monoisotopic (exact) mass is 336 g/mol. The van der Waals surface area contributed by atoms with Crippen LogP contribution in [0.25, 0.3) is 11.0 Å². The van der Waals surface area contributed by atoms with Crippen LogP contribution in [-0.2, 0) is 4.79 Å². The molecular weight excluding hydrogens is 316 g/mol. The summed E-state index contributed by atoms with van der Waals surface area (Å²) in [5.74, 6) is -0.569. The van der Waals surface area contributed by atoms with E-state index < -0.39 is 6.04 Å². The van der Waals surface area contributed by atoms with Crippen molar-refractivity contribution in [3.63, 3.8) is 0 Å². The van der Waals surface area contributed by atoms with Crippen LogP contribution < -0.4 is 10.6 Å². The minimum absolute atomic E-state index is 0.0523. The second-order valence-corrected chi connectivity index (χ2v) is 6.18. The van der Waals surface area contributed by atoms with Crippen LogP contribution in [0.5, 0.6) is 0 Å². The summed E-state index contributed by atoms with van der Waals surface area (Å²) in [7, 11) is 0.